The van der Waals surface area contributed by atoms with Crippen molar-refractivity contribution in [3.8, 4) is 5.75 Å². The maximum Gasteiger partial charge on any atom is 0.338 e. The number of esters is 1. The minimum absolute atomic E-state index is 0.124. The average molecular weight is 400 g/mol. The lowest BCUT2D eigenvalue weighted by Crippen LogP contribution is -2.50. The van der Waals surface area contributed by atoms with Crippen molar-refractivity contribution in [1.82, 2.24) is 4.90 Å². The summed E-state index contributed by atoms with van der Waals surface area (Å²) >= 11 is 12.1. The second-order valence-corrected chi connectivity index (χ2v) is 7.70. The van der Waals surface area contributed by atoms with Crippen LogP contribution in [0.1, 0.15) is 48.9 Å². The Hall–Kier alpha value is -1.46. The Labute approximate surface area is 163 Å². The van der Waals surface area contributed by atoms with E-state index in [9.17, 15) is 9.59 Å². The van der Waals surface area contributed by atoms with Crippen LogP contribution in [0.4, 0.5) is 0 Å². The van der Waals surface area contributed by atoms with Gasteiger partial charge in [-0.3, -0.25) is 4.79 Å². The minimum atomic E-state index is -0.623. The lowest BCUT2D eigenvalue weighted by molar-refractivity contribution is -0.140. The van der Waals surface area contributed by atoms with Crippen molar-refractivity contribution in [2.24, 2.45) is 5.92 Å². The molecule has 0 bridgehead atoms. The van der Waals surface area contributed by atoms with Gasteiger partial charge in [-0.25, -0.2) is 4.79 Å². The van der Waals surface area contributed by atoms with E-state index in [1.54, 1.807) is 0 Å². The van der Waals surface area contributed by atoms with Gasteiger partial charge in [0.2, 0.25) is 0 Å². The number of amides is 1. The fraction of sp³-hybridized carbons (Fsp3) is 0.579. The Morgan fingerprint density at radius 2 is 1.77 bits per heavy atom. The Morgan fingerprint density at radius 3 is 2.46 bits per heavy atom. The van der Waals surface area contributed by atoms with Gasteiger partial charge in [0.1, 0.15) is 0 Å². The molecule has 1 aliphatic carbocycles. The summed E-state index contributed by atoms with van der Waals surface area (Å²) in [6.45, 7) is 0.487. The summed E-state index contributed by atoms with van der Waals surface area (Å²) in [5, 5.41) is 0.443. The van der Waals surface area contributed by atoms with Gasteiger partial charge in [0.15, 0.2) is 12.4 Å². The number of carbonyl (C=O) groups is 2. The van der Waals surface area contributed by atoms with E-state index in [4.69, 9.17) is 32.7 Å². The van der Waals surface area contributed by atoms with Gasteiger partial charge in [0.05, 0.1) is 22.7 Å². The van der Waals surface area contributed by atoms with Crippen LogP contribution in [0.15, 0.2) is 12.1 Å². The molecule has 1 amide bonds. The van der Waals surface area contributed by atoms with E-state index in [-0.39, 0.29) is 28.1 Å². The van der Waals surface area contributed by atoms with Crippen LogP contribution in [0, 0.1) is 5.92 Å². The molecule has 0 aromatic heterocycles. The van der Waals surface area contributed by atoms with Crippen LogP contribution >= 0.6 is 23.2 Å². The average Bonchev–Trinajstić information content (AvgIpc) is 2.65. The van der Waals surface area contributed by atoms with Gasteiger partial charge in [-0.15, -0.1) is 0 Å². The van der Waals surface area contributed by atoms with Gasteiger partial charge in [-0.05, 0) is 43.7 Å². The number of halogens is 2. The molecule has 1 aromatic carbocycles. The van der Waals surface area contributed by atoms with E-state index in [1.807, 2.05) is 4.90 Å². The lowest BCUT2D eigenvalue weighted by atomic mass is 9.78. The summed E-state index contributed by atoms with van der Waals surface area (Å²) in [4.78, 5) is 26.8. The highest BCUT2D eigenvalue weighted by Crippen LogP contribution is 2.36. The van der Waals surface area contributed by atoms with E-state index in [2.05, 4.69) is 0 Å². The predicted molar refractivity (Wildman–Crippen MR) is 100.0 cm³/mol. The number of rotatable bonds is 4. The summed E-state index contributed by atoms with van der Waals surface area (Å²) in [7, 11) is 1.45. The summed E-state index contributed by atoms with van der Waals surface area (Å²) < 4.78 is 10.3. The standard InChI is InChI=1S/C19H23Cl2NO4/c1-25-18-14(20)9-13(10-15(18)21)19(24)26-11-17(23)22-8-4-6-12-5-2-3-7-16(12)22/h9-10,12,16H,2-8,11H2,1H3/t12-,16+/m1/s1. The number of methoxy groups -OCH3 is 1. The second kappa shape index (κ2) is 8.49. The van der Waals surface area contributed by atoms with Crippen molar-refractivity contribution in [2.45, 2.75) is 44.6 Å². The SMILES string of the molecule is COc1c(Cl)cc(C(=O)OCC(=O)N2CCC[C@H]3CCCC[C@@H]32)cc1Cl. The van der Waals surface area contributed by atoms with Crippen LogP contribution in [0.2, 0.25) is 10.0 Å². The highest BCUT2D eigenvalue weighted by molar-refractivity contribution is 6.37. The summed E-state index contributed by atoms with van der Waals surface area (Å²) in [6.07, 6.45) is 6.86. The van der Waals surface area contributed by atoms with Crippen LogP contribution < -0.4 is 4.74 Å². The number of fused-ring (bicyclic) bond motifs is 1. The number of benzene rings is 1. The molecule has 2 aliphatic rings. The number of carbonyl (C=O) groups excluding carboxylic acids is 2. The predicted octanol–water partition coefficient (Wildman–Crippen LogP) is 4.34. The monoisotopic (exact) mass is 399 g/mol. The molecule has 3 rings (SSSR count). The zero-order valence-electron chi connectivity index (χ0n) is 14.8. The Kier molecular flexibility index (Phi) is 6.30. The first-order valence-corrected chi connectivity index (χ1v) is 9.76. The molecular weight excluding hydrogens is 377 g/mol. The molecule has 142 valence electrons. The molecule has 0 radical (unpaired) electrons. The summed E-state index contributed by atoms with van der Waals surface area (Å²) in [5.41, 5.74) is 0.197. The topological polar surface area (TPSA) is 55.8 Å². The van der Waals surface area contributed by atoms with E-state index >= 15 is 0 Å². The van der Waals surface area contributed by atoms with Crippen molar-refractivity contribution in [1.29, 1.82) is 0 Å². The third kappa shape index (κ3) is 4.09. The van der Waals surface area contributed by atoms with Gasteiger partial charge in [-0.2, -0.15) is 0 Å². The van der Waals surface area contributed by atoms with Gasteiger partial charge >= 0.3 is 5.97 Å². The van der Waals surface area contributed by atoms with Crippen molar-refractivity contribution in [3.63, 3.8) is 0 Å². The molecule has 1 heterocycles. The highest BCUT2D eigenvalue weighted by Gasteiger charge is 2.35. The molecule has 0 N–H and O–H groups in total. The van der Waals surface area contributed by atoms with Gasteiger partial charge in [0, 0.05) is 12.6 Å². The summed E-state index contributed by atoms with van der Waals surface area (Å²) in [6, 6.07) is 3.16. The number of ether oxygens (including phenoxy) is 2. The number of hydrogen-bond donors (Lipinski definition) is 0. The minimum Gasteiger partial charge on any atom is -0.494 e. The summed E-state index contributed by atoms with van der Waals surface area (Å²) in [5.74, 6) is 0.150. The molecular formula is C19H23Cl2NO4. The Bertz CT molecular complexity index is 669. The first kappa shape index (κ1) is 19.3. The fourth-order valence-electron chi connectivity index (χ4n) is 4.10. The van der Waals surface area contributed by atoms with Crippen LogP contribution in [-0.2, 0) is 9.53 Å². The normalized spacial score (nSPS) is 22.5. The van der Waals surface area contributed by atoms with Crippen LogP contribution in [0.3, 0.4) is 0 Å². The van der Waals surface area contributed by atoms with Gasteiger partial charge < -0.3 is 14.4 Å². The van der Waals surface area contributed by atoms with Crippen molar-refractivity contribution < 1.29 is 19.1 Å². The van der Waals surface area contributed by atoms with Gasteiger partial charge in [-0.1, -0.05) is 36.0 Å². The lowest BCUT2D eigenvalue weighted by Gasteiger charge is -2.44. The maximum atomic E-state index is 12.6. The third-order valence-electron chi connectivity index (χ3n) is 5.33. The molecule has 7 heteroatoms. The molecule has 0 spiro atoms. The van der Waals surface area contributed by atoms with Crippen LogP contribution in [-0.4, -0.2) is 43.1 Å². The van der Waals surface area contributed by atoms with Crippen molar-refractivity contribution >= 4 is 35.1 Å². The maximum absolute atomic E-state index is 12.6. The van der Waals surface area contributed by atoms with Crippen LogP contribution in [0.5, 0.6) is 5.75 Å². The van der Waals surface area contributed by atoms with Crippen molar-refractivity contribution in [3.05, 3.63) is 27.7 Å². The molecule has 0 unspecified atom stereocenters. The largest absolute Gasteiger partial charge is 0.494 e. The first-order valence-electron chi connectivity index (χ1n) is 9.01. The van der Waals surface area contributed by atoms with Gasteiger partial charge in [0.25, 0.3) is 5.91 Å². The number of hydrogen-bond acceptors (Lipinski definition) is 4. The Balaban J connectivity index is 1.61. The molecule has 2 fully saturated rings. The molecule has 1 saturated heterocycles. The van der Waals surface area contributed by atoms with E-state index in [0.29, 0.717) is 17.7 Å². The zero-order valence-corrected chi connectivity index (χ0v) is 16.3. The quantitative estimate of drug-likeness (QED) is 0.706. The van der Waals surface area contributed by atoms with Crippen molar-refractivity contribution in [2.75, 3.05) is 20.3 Å². The zero-order chi connectivity index (χ0) is 18.7. The smallest absolute Gasteiger partial charge is 0.338 e. The molecule has 26 heavy (non-hydrogen) atoms. The van der Waals surface area contributed by atoms with E-state index in [1.165, 1.54) is 38.5 Å². The highest BCUT2D eigenvalue weighted by atomic mass is 35.5. The third-order valence-corrected chi connectivity index (χ3v) is 5.89. The second-order valence-electron chi connectivity index (χ2n) is 6.89. The molecule has 1 aromatic rings. The number of likely N-dealkylation sites (tertiary alicyclic amines) is 1. The first-order chi connectivity index (χ1) is 12.5. The Morgan fingerprint density at radius 1 is 1.12 bits per heavy atom. The van der Waals surface area contributed by atoms with Crippen LogP contribution in [0.25, 0.3) is 0 Å². The number of nitrogens with zero attached hydrogens (tertiary/aromatic N) is 1. The molecule has 5 nitrogen and oxygen atoms in total. The molecule has 1 saturated carbocycles. The number of piperidine rings is 1. The molecule has 1 aliphatic heterocycles. The fourth-order valence-corrected chi connectivity index (χ4v) is 4.74. The van der Waals surface area contributed by atoms with E-state index < -0.39 is 5.97 Å². The van der Waals surface area contributed by atoms with E-state index in [0.717, 1.165) is 25.8 Å². The molecule has 2 atom stereocenters.